The van der Waals surface area contributed by atoms with Gasteiger partial charge in [-0.25, -0.2) is 4.21 Å². The highest BCUT2D eigenvalue weighted by atomic mass is 35.5. The molecule has 1 fully saturated rings. The van der Waals surface area contributed by atoms with Gasteiger partial charge in [0.2, 0.25) is 12.3 Å². The summed E-state index contributed by atoms with van der Waals surface area (Å²) in [6.45, 7) is 1.17. The third-order valence-corrected chi connectivity index (χ3v) is 6.43. The first kappa shape index (κ1) is 22.1. The lowest BCUT2D eigenvalue weighted by Gasteiger charge is -2.23. The van der Waals surface area contributed by atoms with Crippen LogP contribution in [0.2, 0.25) is 5.02 Å². The van der Waals surface area contributed by atoms with Gasteiger partial charge in [-0.15, -0.1) is 0 Å². The Kier molecular flexibility index (Phi) is 7.30. The maximum Gasteiger partial charge on any atom is 0.239 e. The second-order valence-corrected chi connectivity index (χ2v) is 8.54. The summed E-state index contributed by atoms with van der Waals surface area (Å²) >= 11 is 6.11. The molecule has 30 heavy (non-hydrogen) atoms. The SMILES string of the molecule is COc1ccc(Cl)cc1CC1CNCCN(S(=O)c2ccc(O)c(NC=O)c2)C1=O. The number of carbonyl (C=O) groups excluding carboxylic acids is 2. The molecule has 1 aliphatic heterocycles. The number of phenols is 1. The van der Waals surface area contributed by atoms with Crippen LogP contribution in [0.15, 0.2) is 41.3 Å². The molecule has 1 aliphatic rings. The fraction of sp³-hybridized carbons (Fsp3) is 0.300. The maximum atomic E-state index is 13.2. The summed E-state index contributed by atoms with van der Waals surface area (Å²) in [4.78, 5) is 24.2. The van der Waals surface area contributed by atoms with Crippen molar-refractivity contribution in [2.75, 3.05) is 32.1 Å². The van der Waals surface area contributed by atoms with Crippen molar-refractivity contribution >= 4 is 40.6 Å². The second-order valence-electron chi connectivity index (χ2n) is 6.69. The van der Waals surface area contributed by atoms with Gasteiger partial charge in [0.15, 0.2) is 11.0 Å². The number of hydrogen-bond acceptors (Lipinski definition) is 6. The van der Waals surface area contributed by atoms with E-state index in [-0.39, 0.29) is 23.9 Å². The maximum absolute atomic E-state index is 13.2. The Morgan fingerprint density at radius 1 is 1.37 bits per heavy atom. The molecule has 2 amide bonds. The minimum Gasteiger partial charge on any atom is -0.506 e. The van der Waals surface area contributed by atoms with Crippen LogP contribution in [0.25, 0.3) is 0 Å². The van der Waals surface area contributed by atoms with Crippen molar-refractivity contribution < 1.29 is 23.6 Å². The fourth-order valence-electron chi connectivity index (χ4n) is 3.28. The average Bonchev–Trinajstić information content (AvgIpc) is 2.91. The highest BCUT2D eigenvalue weighted by molar-refractivity contribution is 7.83. The van der Waals surface area contributed by atoms with E-state index in [1.165, 1.54) is 22.5 Å². The molecule has 0 spiro atoms. The third-order valence-electron chi connectivity index (χ3n) is 4.77. The summed E-state index contributed by atoms with van der Waals surface area (Å²) in [6, 6.07) is 9.40. The molecule has 0 saturated carbocycles. The molecule has 0 aromatic heterocycles. The molecule has 10 heteroatoms. The van der Waals surface area contributed by atoms with Gasteiger partial charge in [0.25, 0.3) is 0 Å². The lowest BCUT2D eigenvalue weighted by Crippen LogP contribution is -2.38. The number of nitrogens with one attached hydrogen (secondary N) is 2. The van der Waals surface area contributed by atoms with Gasteiger partial charge in [-0.05, 0) is 48.4 Å². The predicted octanol–water partition coefficient (Wildman–Crippen LogP) is 1.94. The number of rotatable bonds is 7. The number of halogens is 1. The van der Waals surface area contributed by atoms with E-state index in [4.69, 9.17) is 16.3 Å². The Labute approximate surface area is 181 Å². The highest BCUT2D eigenvalue weighted by Crippen LogP contribution is 2.29. The monoisotopic (exact) mass is 451 g/mol. The van der Waals surface area contributed by atoms with E-state index in [9.17, 15) is 18.9 Å². The minimum absolute atomic E-state index is 0.122. The van der Waals surface area contributed by atoms with Crippen LogP contribution in [0.4, 0.5) is 5.69 Å². The van der Waals surface area contributed by atoms with Crippen molar-refractivity contribution in [2.45, 2.75) is 11.3 Å². The smallest absolute Gasteiger partial charge is 0.239 e. The van der Waals surface area contributed by atoms with Gasteiger partial charge in [-0.3, -0.25) is 13.9 Å². The summed E-state index contributed by atoms with van der Waals surface area (Å²) in [5.74, 6) is -0.253. The van der Waals surface area contributed by atoms with Gasteiger partial charge >= 0.3 is 0 Å². The lowest BCUT2D eigenvalue weighted by atomic mass is 9.98. The number of carbonyl (C=O) groups is 2. The van der Waals surface area contributed by atoms with E-state index in [1.54, 1.807) is 25.3 Å². The first-order chi connectivity index (χ1) is 14.4. The Balaban J connectivity index is 1.85. The predicted molar refractivity (Wildman–Crippen MR) is 114 cm³/mol. The van der Waals surface area contributed by atoms with Gasteiger partial charge in [0.1, 0.15) is 11.5 Å². The van der Waals surface area contributed by atoms with Gasteiger partial charge < -0.3 is 20.5 Å². The van der Waals surface area contributed by atoms with Crippen LogP contribution in [0.5, 0.6) is 11.5 Å². The summed E-state index contributed by atoms with van der Waals surface area (Å²) in [6.07, 6.45) is 0.786. The largest absolute Gasteiger partial charge is 0.506 e. The van der Waals surface area contributed by atoms with Crippen LogP contribution in [-0.4, -0.2) is 52.7 Å². The average molecular weight is 452 g/mol. The molecular weight excluding hydrogens is 430 g/mol. The molecule has 2 aromatic rings. The van der Waals surface area contributed by atoms with E-state index in [0.717, 1.165) is 5.56 Å². The Morgan fingerprint density at radius 3 is 2.90 bits per heavy atom. The molecule has 1 saturated heterocycles. The number of hydrogen-bond donors (Lipinski definition) is 3. The molecule has 0 bridgehead atoms. The number of anilines is 1. The topological polar surface area (TPSA) is 108 Å². The molecule has 3 N–H and O–H groups in total. The summed E-state index contributed by atoms with van der Waals surface area (Å²) < 4.78 is 19.8. The number of amides is 2. The molecule has 1 heterocycles. The standard InChI is InChI=1S/C20H22ClN3O5S/c1-29-19-5-2-15(21)9-13(19)8-14-11-22-6-7-24(20(14)27)30(28)16-3-4-18(26)17(10-16)23-12-25/h2-5,9-10,12,14,22,26H,6-8,11H2,1H3,(H,23,25). The van der Waals surface area contributed by atoms with Gasteiger partial charge in [-0.2, -0.15) is 0 Å². The van der Waals surface area contributed by atoms with Crippen LogP contribution in [-0.2, 0) is 27.0 Å². The minimum atomic E-state index is -1.80. The van der Waals surface area contributed by atoms with Gasteiger partial charge in [0.05, 0.1) is 23.6 Å². The zero-order valence-corrected chi connectivity index (χ0v) is 17.8. The molecule has 2 aromatic carbocycles. The summed E-state index contributed by atoms with van der Waals surface area (Å²) in [5.41, 5.74) is 0.913. The zero-order valence-electron chi connectivity index (χ0n) is 16.3. The lowest BCUT2D eigenvalue weighted by molar-refractivity contribution is -0.129. The summed E-state index contributed by atoms with van der Waals surface area (Å²) in [7, 11) is -0.251. The highest BCUT2D eigenvalue weighted by Gasteiger charge is 2.32. The van der Waals surface area contributed by atoms with Crippen LogP contribution in [0.3, 0.4) is 0 Å². The van der Waals surface area contributed by atoms with E-state index in [2.05, 4.69) is 10.6 Å². The third kappa shape index (κ3) is 4.92. The second kappa shape index (κ2) is 9.92. The molecule has 0 aliphatic carbocycles. The van der Waals surface area contributed by atoms with E-state index in [1.807, 2.05) is 0 Å². The number of methoxy groups -OCH3 is 1. The van der Waals surface area contributed by atoms with Crippen molar-refractivity contribution in [3.8, 4) is 11.5 Å². The number of benzene rings is 2. The number of aromatic hydroxyl groups is 1. The van der Waals surface area contributed by atoms with E-state index < -0.39 is 16.9 Å². The van der Waals surface area contributed by atoms with E-state index in [0.29, 0.717) is 41.6 Å². The number of ether oxygens (including phenoxy) is 1. The first-order valence-corrected chi connectivity index (χ1v) is 10.7. The van der Waals surface area contributed by atoms with Crippen molar-refractivity contribution in [1.82, 2.24) is 9.62 Å². The molecule has 3 rings (SSSR count). The summed E-state index contributed by atoms with van der Waals surface area (Å²) in [5, 5.41) is 15.9. The van der Waals surface area contributed by atoms with E-state index >= 15 is 0 Å². The molecule has 0 radical (unpaired) electrons. The van der Waals surface area contributed by atoms with Crippen LogP contribution in [0, 0.1) is 5.92 Å². The molecule has 2 unspecified atom stereocenters. The van der Waals surface area contributed by atoms with Crippen molar-refractivity contribution in [2.24, 2.45) is 5.92 Å². The van der Waals surface area contributed by atoms with Gasteiger partial charge in [-0.1, -0.05) is 11.6 Å². The zero-order chi connectivity index (χ0) is 21.7. The Morgan fingerprint density at radius 2 is 2.17 bits per heavy atom. The number of phenolic OH excluding ortho intramolecular Hbond substituents is 1. The van der Waals surface area contributed by atoms with Crippen LogP contribution >= 0.6 is 11.6 Å². The van der Waals surface area contributed by atoms with Crippen molar-refractivity contribution in [1.29, 1.82) is 0 Å². The Hall–Kier alpha value is -2.62. The molecule has 8 nitrogen and oxygen atoms in total. The van der Waals surface area contributed by atoms with Crippen molar-refractivity contribution in [3.05, 3.63) is 47.0 Å². The molecular formula is C20H22ClN3O5S. The van der Waals surface area contributed by atoms with Crippen molar-refractivity contribution in [3.63, 3.8) is 0 Å². The molecule has 160 valence electrons. The van der Waals surface area contributed by atoms with Gasteiger partial charge in [0, 0.05) is 24.7 Å². The Bertz CT molecular complexity index is 971. The normalized spacial score (nSPS) is 17.9. The molecule has 2 atom stereocenters. The fourth-order valence-corrected chi connectivity index (χ4v) is 4.71. The first-order valence-electron chi connectivity index (χ1n) is 9.24. The number of nitrogens with zero attached hydrogens (tertiary/aromatic N) is 1. The van der Waals surface area contributed by atoms with Crippen LogP contribution in [0.1, 0.15) is 5.56 Å². The van der Waals surface area contributed by atoms with Crippen LogP contribution < -0.4 is 15.4 Å². The quantitative estimate of drug-likeness (QED) is 0.438.